The molecule has 0 saturated carbocycles. The van der Waals surface area contributed by atoms with Crippen molar-refractivity contribution < 1.29 is 4.79 Å². The van der Waals surface area contributed by atoms with Gasteiger partial charge in [-0.2, -0.15) is 0 Å². The molecule has 4 rings (SSSR count). The molecule has 1 unspecified atom stereocenters. The van der Waals surface area contributed by atoms with Crippen LogP contribution in [0.4, 0.5) is 0 Å². The van der Waals surface area contributed by atoms with Gasteiger partial charge in [0, 0.05) is 32.1 Å². The van der Waals surface area contributed by atoms with Crippen LogP contribution in [0.3, 0.4) is 0 Å². The summed E-state index contributed by atoms with van der Waals surface area (Å²) in [6.45, 7) is 0. The summed E-state index contributed by atoms with van der Waals surface area (Å²) in [6, 6.07) is 18.7. The van der Waals surface area contributed by atoms with Gasteiger partial charge in [-0.25, -0.2) is 0 Å². The summed E-state index contributed by atoms with van der Waals surface area (Å²) in [6.07, 6.45) is 3.41. The van der Waals surface area contributed by atoms with Crippen molar-refractivity contribution in [3.05, 3.63) is 88.7 Å². The third kappa shape index (κ3) is 4.65. The lowest BCUT2D eigenvalue weighted by Crippen LogP contribution is -2.27. The van der Waals surface area contributed by atoms with Crippen molar-refractivity contribution in [3.8, 4) is 17.1 Å². The van der Waals surface area contributed by atoms with Gasteiger partial charge >= 0.3 is 0 Å². The normalized spacial score (nSPS) is 11.9. The summed E-state index contributed by atoms with van der Waals surface area (Å²) in [5, 5.41) is 9.75. The second kappa shape index (κ2) is 9.73. The van der Waals surface area contributed by atoms with Crippen LogP contribution < -0.4 is 0 Å². The minimum Gasteiger partial charge on any atom is -0.348 e. The molecular formula is C23H19Cl2N5OS. The number of hydrogen-bond acceptors (Lipinski definition) is 5. The van der Waals surface area contributed by atoms with Crippen molar-refractivity contribution in [2.45, 2.75) is 10.4 Å². The van der Waals surface area contributed by atoms with Gasteiger partial charge in [-0.05, 0) is 35.9 Å². The third-order valence-electron chi connectivity index (χ3n) is 4.71. The maximum atomic E-state index is 13.1. The Morgan fingerprint density at radius 3 is 2.44 bits per heavy atom. The van der Waals surface area contributed by atoms with Crippen molar-refractivity contribution >= 4 is 40.9 Å². The fourth-order valence-electron chi connectivity index (χ4n) is 3.11. The van der Waals surface area contributed by atoms with Crippen molar-refractivity contribution in [2.75, 3.05) is 14.1 Å². The van der Waals surface area contributed by atoms with E-state index in [1.807, 2.05) is 53.1 Å². The highest BCUT2D eigenvalue weighted by molar-refractivity contribution is 8.00. The predicted octanol–water partition coefficient (Wildman–Crippen LogP) is 5.56. The molecule has 1 atom stereocenters. The Kier molecular flexibility index (Phi) is 6.79. The molecule has 2 heterocycles. The number of likely N-dealkylation sites (N-methyl/N-ethyl adjacent to an activating group) is 1. The number of thioether (sulfide) groups is 1. The number of hydrogen-bond donors (Lipinski definition) is 0. The summed E-state index contributed by atoms with van der Waals surface area (Å²) in [7, 11) is 3.48. The van der Waals surface area contributed by atoms with Gasteiger partial charge in [-0.3, -0.25) is 14.3 Å². The molecule has 0 bridgehead atoms. The molecule has 1 amide bonds. The molecule has 0 radical (unpaired) electrons. The fourth-order valence-corrected chi connectivity index (χ4v) is 4.61. The SMILES string of the molecule is CN(C)C(=O)C(Sc1nnc(-c2cccnc2)n1-c1ccc(Cl)c(Cl)c1)c1ccccc1. The van der Waals surface area contributed by atoms with Gasteiger partial charge in [0.1, 0.15) is 5.25 Å². The van der Waals surface area contributed by atoms with Crippen LogP contribution in [-0.4, -0.2) is 44.7 Å². The molecular weight excluding hydrogens is 465 g/mol. The quantitative estimate of drug-likeness (QED) is 0.336. The number of amides is 1. The molecule has 0 spiro atoms. The van der Waals surface area contributed by atoms with E-state index in [1.165, 1.54) is 11.8 Å². The molecule has 6 nitrogen and oxygen atoms in total. The first-order valence-electron chi connectivity index (χ1n) is 9.69. The monoisotopic (exact) mass is 483 g/mol. The van der Waals surface area contributed by atoms with Crippen LogP contribution in [-0.2, 0) is 4.79 Å². The lowest BCUT2D eigenvalue weighted by Gasteiger charge is -2.20. The zero-order valence-electron chi connectivity index (χ0n) is 17.3. The number of halogens is 2. The highest BCUT2D eigenvalue weighted by Crippen LogP contribution is 2.39. The average Bonchev–Trinajstić information content (AvgIpc) is 3.23. The first kappa shape index (κ1) is 22.3. The van der Waals surface area contributed by atoms with Gasteiger partial charge in [-0.15, -0.1) is 10.2 Å². The van der Waals surface area contributed by atoms with Crippen LogP contribution in [0.5, 0.6) is 0 Å². The number of pyridine rings is 1. The van der Waals surface area contributed by atoms with Crippen molar-refractivity contribution in [3.63, 3.8) is 0 Å². The van der Waals surface area contributed by atoms with E-state index in [1.54, 1.807) is 43.5 Å². The Labute approximate surface area is 200 Å². The van der Waals surface area contributed by atoms with Gasteiger partial charge in [-0.1, -0.05) is 65.3 Å². The van der Waals surface area contributed by atoms with Crippen molar-refractivity contribution in [1.29, 1.82) is 0 Å². The number of benzene rings is 2. The standard InChI is InChI=1S/C23H19Cl2N5OS/c1-29(2)22(31)20(15-7-4-3-5-8-15)32-23-28-27-21(16-9-6-12-26-14-16)30(23)17-10-11-18(24)19(25)13-17/h3-14,20H,1-2H3. The lowest BCUT2D eigenvalue weighted by molar-refractivity contribution is -0.128. The molecule has 2 aromatic heterocycles. The van der Waals surface area contributed by atoms with E-state index in [-0.39, 0.29) is 5.91 Å². The van der Waals surface area contributed by atoms with Crippen molar-refractivity contribution in [2.24, 2.45) is 0 Å². The largest absolute Gasteiger partial charge is 0.348 e. The van der Waals surface area contributed by atoms with E-state index < -0.39 is 5.25 Å². The minimum absolute atomic E-state index is 0.0483. The highest BCUT2D eigenvalue weighted by Gasteiger charge is 2.27. The van der Waals surface area contributed by atoms with E-state index in [2.05, 4.69) is 15.2 Å². The van der Waals surface area contributed by atoms with Crippen LogP contribution in [0, 0.1) is 0 Å². The molecule has 0 N–H and O–H groups in total. The lowest BCUT2D eigenvalue weighted by atomic mass is 10.1. The Morgan fingerprint density at radius 2 is 1.78 bits per heavy atom. The predicted molar refractivity (Wildman–Crippen MR) is 128 cm³/mol. The average molecular weight is 484 g/mol. The zero-order valence-corrected chi connectivity index (χ0v) is 19.6. The van der Waals surface area contributed by atoms with Crippen LogP contribution in [0.25, 0.3) is 17.1 Å². The van der Waals surface area contributed by atoms with Gasteiger partial charge in [0.05, 0.1) is 15.7 Å². The first-order valence-corrected chi connectivity index (χ1v) is 11.3. The Hall–Kier alpha value is -2.87. The smallest absolute Gasteiger partial charge is 0.240 e. The van der Waals surface area contributed by atoms with Gasteiger partial charge in [0.15, 0.2) is 11.0 Å². The zero-order chi connectivity index (χ0) is 22.7. The molecule has 0 fully saturated rings. The molecule has 0 aliphatic heterocycles. The molecule has 32 heavy (non-hydrogen) atoms. The Bertz CT molecular complexity index is 1230. The number of nitrogens with zero attached hydrogens (tertiary/aromatic N) is 5. The summed E-state index contributed by atoms with van der Waals surface area (Å²) in [4.78, 5) is 18.8. The van der Waals surface area contributed by atoms with Gasteiger partial charge in [0.25, 0.3) is 0 Å². The van der Waals surface area contributed by atoms with Crippen LogP contribution in [0.2, 0.25) is 10.0 Å². The summed E-state index contributed by atoms with van der Waals surface area (Å²) < 4.78 is 1.86. The van der Waals surface area contributed by atoms with Crippen molar-refractivity contribution in [1.82, 2.24) is 24.6 Å². The number of rotatable bonds is 6. The third-order valence-corrected chi connectivity index (χ3v) is 6.63. The molecule has 162 valence electrons. The number of carbonyl (C=O) groups excluding carboxylic acids is 1. The second-order valence-electron chi connectivity index (χ2n) is 7.12. The molecule has 2 aromatic carbocycles. The van der Waals surface area contributed by atoms with E-state index in [9.17, 15) is 4.79 Å². The fraction of sp³-hybridized carbons (Fsp3) is 0.130. The van der Waals surface area contributed by atoms with E-state index in [0.717, 1.165) is 16.8 Å². The van der Waals surface area contributed by atoms with E-state index in [0.29, 0.717) is 21.0 Å². The van der Waals surface area contributed by atoms with E-state index in [4.69, 9.17) is 23.2 Å². The van der Waals surface area contributed by atoms with Gasteiger partial charge < -0.3 is 4.90 Å². The maximum absolute atomic E-state index is 13.1. The summed E-state index contributed by atoms with van der Waals surface area (Å²) in [5.41, 5.74) is 2.39. The highest BCUT2D eigenvalue weighted by atomic mass is 35.5. The molecule has 0 saturated heterocycles. The van der Waals surface area contributed by atoms with Crippen LogP contribution in [0.15, 0.2) is 78.2 Å². The van der Waals surface area contributed by atoms with Crippen LogP contribution >= 0.6 is 35.0 Å². The summed E-state index contributed by atoms with van der Waals surface area (Å²) >= 11 is 13.8. The Balaban J connectivity index is 1.85. The molecule has 0 aliphatic carbocycles. The van der Waals surface area contributed by atoms with E-state index >= 15 is 0 Å². The van der Waals surface area contributed by atoms with Gasteiger partial charge in [0.2, 0.25) is 5.91 Å². The second-order valence-corrected chi connectivity index (χ2v) is 9.01. The first-order chi connectivity index (χ1) is 15.5. The number of carbonyl (C=O) groups is 1. The maximum Gasteiger partial charge on any atom is 0.240 e. The molecule has 4 aromatic rings. The Morgan fingerprint density at radius 1 is 1.00 bits per heavy atom. The van der Waals surface area contributed by atoms with Crippen LogP contribution in [0.1, 0.15) is 10.8 Å². The molecule has 9 heteroatoms. The topological polar surface area (TPSA) is 63.9 Å². The molecule has 0 aliphatic rings. The number of aromatic nitrogens is 4. The summed E-state index contributed by atoms with van der Waals surface area (Å²) in [5.74, 6) is 0.538. The minimum atomic E-state index is -0.501.